The van der Waals surface area contributed by atoms with Gasteiger partial charge in [0.1, 0.15) is 11.5 Å². The maximum Gasteiger partial charge on any atom is 0.126 e. The topological polar surface area (TPSA) is 44.5 Å². The molecule has 0 aliphatic heterocycles. The standard InChI is InChI=1S/C16H16ClNO2/c17-13-3-7-15(8-4-13)19-11-1-2-12-20-16-9-5-14(18)6-10-16/h2-10,12H,1,11,18H2/b12-2+. The summed E-state index contributed by atoms with van der Waals surface area (Å²) in [6.45, 7) is 0.587. The van der Waals surface area contributed by atoms with E-state index >= 15 is 0 Å². The molecule has 0 aliphatic rings. The zero-order valence-corrected chi connectivity index (χ0v) is 11.7. The van der Waals surface area contributed by atoms with Crippen LogP contribution < -0.4 is 15.2 Å². The van der Waals surface area contributed by atoms with Crippen LogP contribution in [0.4, 0.5) is 5.69 Å². The van der Waals surface area contributed by atoms with Crippen LogP contribution in [0.2, 0.25) is 5.02 Å². The molecular formula is C16H16ClNO2. The first-order valence-corrected chi connectivity index (χ1v) is 6.67. The summed E-state index contributed by atoms with van der Waals surface area (Å²) in [6.07, 6.45) is 4.32. The van der Waals surface area contributed by atoms with Crippen molar-refractivity contribution in [2.45, 2.75) is 6.42 Å². The fraction of sp³-hybridized carbons (Fsp3) is 0.125. The van der Waals surface area contributed by atoms with Crippen molar-refractivity contribution in [2.24, 2.45) is 0 Å². The van der Waals surface area contributed by atoms with Gasteiger partial charge in [-0.05, 0) is 54.6 Å². The minimum atomic E-state index is 0.587. The molecule has 0 aliphatic carbocycles. The molecule has 0 bridgehead atoms. The summed E-state index contributed by atoms with van der Waals surface area (Å²) in [5, 5.41) is 0.703. The second kappa shape index (κ2) is 7.46. The van der Waals surface area contributed by atoms with E-state index < -0.39 is 0 Å². The number of ether oxygens (including phenoxy) is 2. The summed E-state index contributed by atoms with van der Waals surface area (Å²) in [5.41, 5.74) is 6.31. The maximum absolute atomic E-state index is 5.79. The number of nitrogens with two attached hydrogens (primary N) is 1. The van der Waals surface area contributed by atoms with Crippen LogP contribution in [-0.4, -0.2) is 6.61 Å². The molecule has 2 aromatic carbocycles. The van der Waals surface area contributed by atoms with Crippen molar-refractivity contribution >= 4 is 17.3 Å². The molecular weight excluding hydrogens is 274 g/mol. The predicted molar refractivity (Wildman–Crippen MR) is 82.2 cm³/mol. The molecule has 0 unspecified atom stereocenters. The highest BCUT2D eigenvalue weighted by molar-refractivity contribution is 6.30. The molecule has 0 saturated heterocycles. The van der Waals surface area contributed by atoms with Crippen molar-refractivity contribution < 1.29 is 9.47 Å². The lowest BCUT2D eigenvalue weighted by atomic mass is 10.3. The third-order valence-corrected chi connectivity index (χ3v) is 2.80. The summed E-state index contributed by atoms with van der Waals surface area (Å²) >= 11 is 5.79. The molecule has 0 spiro atoms. The Morgan fingerprint density at radius 3 is 2.30 bits per heavy atom. The number of anilines is 1. The summed E-state index contributed by atoms with van der Waals surface area (Å²) < 4.78 is 11.0. The van der Waals surface area contributed by atoms with E-state index in [0.29, 0.717) is 11.6 Å². The van der Waals surface area contributed by atoms with Gasteiger partial charge in [0.15, 0.2) is 0 Å². The Labute approximate surface area is 123 Å². The first-order valence-electron chi connectivity index (χ1n) is 6.29. The molecule has 3 nitrogen and oxygen atoms in total. The van der Waals surface area contributed by atoms with Crippen molar-refractivity contribution in [3.63, 3.8) is 0 Å². The minimum Gasteiger partial charge on any atom is -0.493 e. The highest BCUT2D eigenvalue weighted by Crippen LogP contribution is 2.16. The van der Waals surface area contributed by atoms with Gasteiger partial charge in [-0.2, -0.15) is 0 Å². The third-order valence-electron chi connectivity index (χ3n) is 2.55. The molecule has 0 saturated carbocycles. The highest BCUT2D eigenvalue weighted by Gasteiger charge is 1.93. The van der Waals surface area contributed by atoms with E-state index in [0.717, 1.165) is 23.6 Å². The smallest absolute Gasteiger partial charge is 0.126 e. The molecule has 0 radical (unpaired) electrons. The highest BCUT2D eigenvalue weighted by atomic mass is 35.5. The van der Waals surface area contributed by atoms with Gasteiger partial charge in [-0.1, -0.05) is 11.6 Å². The van der Waals surface area contributed by atoms with E-state index in [9.17, 15) is 0 Å². The zero-order valence-electron chi connectivity index (χ0n) is 11.0. The van der Waals surface area contributed by atoms with Gasteiger partial charge in [0.2, 0.25) is 0 Å². The van der Waals surface area contributed by atoms with Crippen molar-refractivity contribution in [1.29, 1.82) is 0 Å². The Kier molecular flexibility index (Phi) is 5.33. The fourth-order valence-corrected chi connectivity index (χ4v) is 1.64. The van der Waals surface area contributed by atoms with Crippen molar-refractivity contribution in [2.75, 3.05) is 12.3 Å². The molecule has 0 fully saturated rings. The van der Waals surface area contributed by atoms with Gasteiger partial charge in [0.05, 0.1) is 12.9 Å². The number of halogens is 1. The Morgan fingerprint density at radius 2 is 1.60 bits per heavy atom. The van der Waals surface area contributed by atoms with Crippen molar-refractivity contribution in [1.82, 2.24) is 0 Å². The van der Waals surface area contributed by atoms with Crippen LogP contribution in [0.5, 0.6) is 11.5 Å². The SMILES string of the molecule is Nc1ccc(O/C=C/CCOc2ccc(Cl)cc2)cc1. The van der Waals surface area contributed by atoms with Crippen LogP contribution in [0.1, 0.15) is 6.42 Å². The molecule has 2 aromatic rings. The number of rotatable bonds is 6. The number of nitrogen functional groups attached to an aromatic ring is 1. The van der Waals surface area contributed by atoms with Gasteiger partial charge >= 0.3 is 0 Å². The average molecular weight is 290 g/mol. The van der Waals surface area contributed by atoms with Crippen LogP contribution in [0, 0.1) is 0 Å². The summed E-state index contributed by atoms with van der Waals surface area (Å²) in [4.78, 5) is 0. The second-order valence-corrected chi connectivity index (χ2v) is 4.59. The van der Waals surface area contributed by atoms with Gasteiger partial charge in [-0.25, -0.2) is 0 Å². The van der Waals surface area contributed by atoms with E-state index in [1.165, 1.54) is 0 Å². The van der Waals surface area contributed by atoms with Gasteiger partial charge in [-0.15, -0.1) is 0 Å². The Morgan fingerprint density at radius 1 is 0.950 bits per heavy atom. The first-order chi connectivity index (χ1) is 9.74. The second-order valence-electron chi connectivity index (χ2n) is 4.15. The van der Waals surface area contributed by atoms with Crippen LogP contribution in [-0.2, 0) is 0 Å². The number of hydrogen-bond acceptors (Lipinski definition) is 3. The number of benzene rings is 2. The van der Waals surface area contributed by atoms with E-state index in [4.69, 9.17) is 26.8 Å². The van der Waals surface area contributed by atoms with Crippen LogP contribution in [0.3, 0.4) is 0 Å². The van der Waals surface area contributed by atoms with Gasteiger partial charge < -0.3 is 15.2 Å². The molecule has 0 heterocycles. The van der Waals surface area contributed by atoms with Crippen LogP contribution in [0.25, 0.3) is 0 Å². The summed E-state index contributed by atoms with van der Waals surface area (Å²) in [7, 11) is 0. The van der Waals surface area contributed by atoms with Crippen LogP contribution in [0.15, 0.2) is 60.9 Å². The number of hydrogen-bond donors (Lipinski definition) is 1. The summed E-state index contributed by atoms with van der Waals surface area (Å²) in [5.74, 6) is 1.57. The lowest BCUT2D eigenvalue weighted by molar-refractivity contribution is 0.323. The molecule has 0 atom stereocenters. The lowest BCUT2D eigenvalue weighted by Crippen LogP contribution is -1.95. The van der Waals surface area contributed by atoms with Crippen molar-refractivity contribution in [3.8, 4) is 11.5 Å². The largest absolute Gasteiger partial charge is 0.493 e. The van der Waals surface area contributed by atoms with Gasteiger partial charge in [0.25, 0.3) is 0 Å². The molecule has 0 aromatic heterocycles. The minimum absolute atomic E-state index is 0.587. The molecule has 0 amide bonds. The van der Waals surface area contributed by atoms with Crippen molar-refractivity contribution in [3.05, 3.63) is 65.9 Å². The molecule has 104 valence electrons. The van der Waals surface area contributed by atoms with Crippen LogP contribution >= 0.6 is 11.6 Å². The van der Waals surface area contributed by atoms with E-state index in [-0.39, 0.29) is 0 Å². The molecule has 2 N–H and O–H groups in total. The third kappa shape index (κ3) is 4.86. The van der Waals surface area contributed by atoms with Gasteiger partial charge in [0, 0.05) is 17.1 Å². The first kappa shape index (κ1) is 14.3. The average Bonchev–Trinajstić information content (AvgIpc) is 2.46. The van der Waals surface area contributed by atoms with E-state index in [1.54, 1.807) is 30.5 Å². The molecule has 20 heavy (non-hydrogen) atoms. The Balaban J connectivity index is 1.66. The lowest BCUT2D eigenvalue weighted by Gasteiger charge is -2.04. The predicted octanol–water partition coefficient (Wildman–Crippen LogP) is 4.28. The quantitative estimate of drug-likeness (QED) is 0.490. The molecule has 2 rings (SSSR count). The maximum atomic E-state index is 5.79. The van der Waals surface area contributed by atoms with E-state index in [2.05, 4.69) is 0 Å². The normalized spacial score (nSPS) is 10.7. The monoisotopic (exact) mass is 289 g/mol. The van der Waals surface area contributed by atoms with Gasteiger partial charge in [-0.3, -0.25) is 0 Å². The van der Waals surface area contributed by atoms with E-state index in [1.807, 2.05) is 30.3 Å². The Bertz CT molecular complexity index is 550. The fourth-order valence-electron chi connectivity index (χ4n) is 1.52. The Hall–Kier alpha value is -2.13. The zero-order chi connectivity index (χ0) is 14.2. The molecule has 4 heteroatoms. The summed E-state index contributed by atoms with van der Waals surface area (Å²) in [6, 6.07) is 14.5.